The minimum atomic E-state index is -0.972. The van der Waals surface area contributed by atoms with Crippen LogP contribution in [0.15, 0.2) is 42.5 Å². The number of aromatic carboxylic acids is 1. The van der Waals surface area contributed by atoms with Crippen LogP contribution in [-0.2, 0) is 0 Å². The van der Waals surface area contributed by atoms with Crippen molar-refractivity contribution in [1.82, 2.24) is 0 Å². The second-order valence-electron chi connectivity index (χ2n) is 6.01. The Morgan fingerprint density at radius 2 is 1.96 bits per heavy atom. The van der Waals surface area contributed by atoms with Crippen LogP contribution in [0.25, 0.3) is 10.1 Å². The molecule has 0 amide bonds. The lowest BCUT2D eigenvalue weighted by Crippen LogP contribution is -2.08. The normalized spacial score (nSPS) is 12.1. The van der Waals surface area contributed by atoms with Gasteiger partial charge in [0.25, 0.3) is 0 Å². The Morgan fingerprint density at radius 1 is 1.24 bits per heavy atom. The number of fused-ring (bicyclic) bond motifs is 1. The molecule has 0 aliphatic rings. The average molecular weight is 356 g/mol. The van der Waals surface area contributed by atoms with E-state index in [0.29, 0.717) is 12.4 Å². The van der Waals surface area contributed by atoms with Gasteiger partial charge in [-0.1, -0.05) is 37.3 Å². The molecule has 1 unspecified atom stereocenters. The Bertz CT molecular complexity index is 899. The van der Waals surface area contributed by atoms with E-state index in [0.717, 1.165) is 27.0 Å². The number of carboxylic acid groups (broad SMARTS) is 1. The van der Waals surface area contributed by atoms with Crippen molar-refractivity contribution < 1.29 is 19.4 Å². The zero-order valence-electron chi connectivity index (χ0n) is 14.4. The molecular formula is C20H20O4S. The summed E-state index contributed by atoms with van der Waals surface area (Å²) in [7, 11) is 1.61. The molecule has 2 aromatic carbocycles. The van der Waals surface area contributed by atoms with Gasteiger partial charge in [-0.05, 0) is 30.2 Å². The van der Waals surface area contributed by atoms with Gasteiger partial charge in [0.2, 0.25) is 0 Å². The van der Waals surface area contributed by atoms with E-state index in [1.807, 2.05) is 49.4 Å². The first-order valence-electron chi connectivity index (χ1n) is 8.03. The predicted molar refractivity (Wildman–Crippen MR) is 100 cm³/mol. The highest BCUT2D eigenvalue weighted by Crippen LogP contribution is 2.41. The predicted octanol–water partition coefficient (Wildman–Crippen LogP) is 5.10. The van der Waals surface area contributed by atoms with E-state index in [9.17, 15) is 9.90 Å². The van der Waals surface area contributed by atoms with Crippen molar-refractivity contribution in [2.24, 2.45) is 0 Å². The first-order chi connectivity index (χ1) is 12.0. The monoisotopic (exact) mass is 356 g/mol. The van der Waals surface area contributed by atoms with Crippen LogP contribution >= 0.6 is 11.3 Å². The lowest BCUT2D eigenvalue weighted by atomic mass is 10.0. The number of ether oxygens (including phenoxy) is 2. The fourth-order valence-electron chi connectivity index (χ4n) is 2.79. The first-order valence-corrected chi connectivity index (χ1v) is 8.85. The largest absolute Gasteiger partial charge is 0.496 e. The molecule has 0 saturated heterocycles. The van der Waals surface area contributed by atoms with Gasteiger partial charge in [-0.2, -0.15) is 0 Å². The molecule has 130 valence electrons. The van der Waals surface area contributed by atoms with Crippen LogP contribution in [0.1, 0.15) is 33.6 Å². The van der Waals surface area contributed by atoms with Gasteiger partial charge in [0.05, 0.1) is 13.7 Å². The summed E-state index contributed by atoms with van der Waals surface area (Å²) in [4.78, 5) is 11.9. The van der Waals surface area contributed by atoms with Crippen LogP contribution in [0.4, 0.5) is 0 Å². The Hall–Kier alpha value is -2.53. The summed E-state index contributed by atoms with van der Waals surface area (Å²) < 4.78 is 12.2. The molecule has 0 saturated carbocycles. The minimum Gasteiger partial charge on any atom is -0.496 e. The number of rotatable bonds is 6. The van der Waals surface area contributed by atoms with Gasteiger partial charge in [0.15, 0.2) is 10.6 Å². The molecule has 0 bridgehead atoms. The molecular weight excluding hydrogens is 336 g/mol. The molecule has 1 N–H and O–H groups in total. The third-order valence-corrected chi connectivity index (χ3v) is 5.32. The highest BCUT2D eigenvalue weighted by atomic mass is 32.1. The van der Waals surface area contributed by atoms with Gasteiger partial charge in [-0.3, -0.25) is 0 Å². The number of methoxy groups -OCH3 is 1. The van der Waals surface area contributed by atoms with Gasteiger partial charge in [-0.25, -0.2) is 4.79 Å². The summed E-state index contributed by atoms with van der Waals surface area (Å²) >= 11 is 1.23. The Morgan fingerprint density at radius 3 is 2.60 bits per heavy atom. The molecule has 0 aliphatic heterocycles. The second-order valence-corrected chi connectivity index (χ2v) is 7.06. The van der Waals surface area contributed by atoms with Gasteiger partial charge in [0, 0.05) is 16.0 Å². The highest BCUT2D eigenvalue weighted by Gasteiger charge is 2.21. The van der Waals surface area contributed by atoms with Crippen LogP contribution in [-0.4, -0.2) is 24.8 Å². The number of carboxylic acids is 1. The summed E-state index contributed by atoms with van der Waals surface area (Å²) in [6.07, 6.45) is 0. The van der Waals surface area contributed by atoms with Gasteiger partial charge in [-0.15, -0.1) is 11.3 Å². The Kier molecular flexibility index (Phi) is 4.95. The molecule has 3 aromatic rings. The van der Waals surface area contributed by atoms with Crippen molar-refractivity contribution in [1.29, 1.82) is 0 Å². The molecule has 0 fully saturated rings. The van der Waals surface area contributed by atoms with E-state index in [1.165, 1.54) is 11.3 Å². The van der Waals surface area contributed by atoms with Crippen molar-refractivity contribution in [3.05, 3.63) is 58.5 Å². The van der Waals surface area contributed by atoms with E-state index in [-0.39, 0.29) is 10.8 Å². The van der Waals surface area contributed by atoms with Crippen molar-refractivity contribution in [3.63, 3.8) is 0 Å². The number of benzene rings is 2. The summed E-state index contributed by atoms with van der Waals surface area (Å²) in [6.45, 7) is 4.41. The number of aryl methyl sites for hydroxylation is 1. The molecule has 0 radical (unpaired) electrons. The number of thiophene rings is 1. The summed E-state index contributed by atoms with van der Waals surface area (Å²) in [5.41, 5.74) is 2.13. The molecule has 1 heterocycles. The topological polar surface area (TPSA) is 55.8 Å². The minimum absolute atomic E-state index is 0.158. The SMILES string of the molecule is COc1cc2c(OCC(C)c3ccccc3)c(C(=O)O)sc2cc1C. The molecule has 0 spiro atoms. The van der Waals surface area contributed by atoms with Crippen LogP contribution < -0.4 is 9.47 Å². The second kappa shape index (κ2) is 7.15. The third kappa shape index (κ3) is 3.46. The summed E-state index contributed by atoms with van der Waals surface area (Å²) in [5, 5.41) is 10.3. The maximum absolute atomic E-state index is 11.6. The van der Waals surface area contributed by atoms with E-state index in [2.05, 4.69) is 6.92 Å². The van der Waals surface area contributed by atoms with E-state index >= 15 is 0 Å². The summed E-state index contributed by atoms with van der Waals surface area (Å²) in [5.74, 6) is 0.335. The fourth-order valence-corrected chi connectivity index (χ4v) is 3.86. The van der Waals surface area contributed by atoms with Crippen molar-refractivity contribution in [2.45, 2.75) is 19.8 Å². The zero-order chi connectivity index (χ0) is 18.0. The van der Waals surface area contributed by atoms with Crippen molar-refractivity contribution >= 4 is 27.4 Å². The number of hydrogen-bond donors (Lipinski definition) is 1. The Balaban J connectivity index is 1.96. The quantitative estimate of drug-likeness (QED) is 0.668. The van der Waals surface area contributed by atoms with Crippen molar-refractivity contribution in [2.75, 3.05) is 13.7 Å². The third-order valence-electron chi connectivity index (χ3n) is 4.20. The number of hydrogen-bond acceptors (Lipinski definition) is 4. The maximum atomic E-state index is 11.6. The smallest absolute Gasteiger partial charge is 0.349 e. The number of carbonyl (C=O) groups is 1. The molecule has 1 aromatic heterocycles. The molecule has 4 nitrogen and oxygen atoms in total. The lowest BCUT2D eigenvalue weighted by Gasteiger charge is -2.14. The van der Waals surface area contributed by atoms with E-state index < -0.39 is 5.97 Å². The molecule has 0 aliphatic carbocycles. The van der Waals surface area contributed by atoms with Gasteiger partial charge < -0.3 is 14.6 Å². The highest BCUT2D eigenvalue weighted by molar-refractivity contribution is 7.21. The zero-order valence-corrected chi connectivity index (χ0v) is 15.2. The first kappa shape index (κ1) is 17.3. The molecule has 5 heteroatoms. The Labute approximate surface area is 150 Å². The van der Waals surface area contributed by atoms with Crippen molar-refractivity contribution in [3.8, 4) is 11.5 Å². The summed E-state index contributed by atoms with van der Waals surface area (Å²) in [6, 6.07) is 13.8. The standard InChI is InChI=1S/C20H20O4S/c1-12-9-17-15(10-16(12)23-3)18(19(25-17)20(21)22)24-11-13(2)14-7-5-4-6-8-14/h4-10,13H,11H2,1-3H3,(H,21,22). The fraction of sp³-hybridized carbons (Fsp3) is 0.250. The van der Waals surface area contributed by atoms with Crippen LogP contribution in [0.3, 0.4) is 0 Å². The van der Waals surface area contributed by atoms with E-state index in [4.69, 9.17) is 9.47 Å². The molecule has 25 heavy (non-hydrogen) atoms. The van der Waals surface area contributed by atoms with Crippen LogP contribution in [0.5, 0.6) is 11.5 Å². The molecule has 1 atom stereocenters. The average Bonchev–Trinajstić information content (AvgIpc) is 2.97. The van der Waals surface area contributed by atoms with Gasteiger partial charge >= 0.3 is 5.97 Å². The lowest BCUT2D eigenvalue weighted by molar-refractivity contribution is 0.0698. The van der Waals surface area contributed by atoms with Crippen LogP contribution in [0, 0.1) is 6.92 Å². The molecule has 3 rings (SSSR count). The van der Waals surface area contributed by atoms with Crippen LogP contribution in [0.2, 0.25) is 0 Å². The van der Waals surface area contributed by atoms with E-state index in [1.54, 1.807) is 7.11 Å². The van der Waals surface area contributed by atoms with Gasteiger partial charge in [0.1, 0.15) is 5.75 Å². The maximum Gasteiger partial charge on any atom is 0.349 e.